The molecule has 1 heterocycles. The second-order valence-electron chi connectivity index (χ2n) is 14.5. The minimum absolute atomic E-state index is 0.382. The zero-order chi connectivity index (χ0) is 36.3. The molecule has 0 bridgehead atoms. The molecule has 0 atom stereocenters. The van der Waals surface area contributed by atoms with Gasteiger partial charge in [-0.3, -0.25) is 0 Å². The Hall–Kier alpha value is -7.16. The number of hydrogen-bond acceptors (Lipinski definition) is 2. The second kappa shape index (κ2) is 12.5. The fraction of sp³-hybridized carbons (Fsp3) is 0.0189. The third-order valence-corrected chi connectivity index (χ3v) is 11.6. The van der Waals surface area contributed by atoms with Crippen LogP contribution < -0.4 is 0 Å². The zero-order valence-electron chi connectivity index (χ0n) is 30.0. The molecule has 9 aromatic rings. The van der Waals surface area contributed by atoms with Crippen molar-refractivity contribution in [3.63, 3.8) is 0 Å². The molecule has 0 N–H and O–H groups in total. The first-order valence-electron chi connectivity index (χ1n) is 18.9. The average Bonchev–Trinajstić information content (AvgIpc) is 3.74. The molecule has 0 amide bonds. The van der Waals surface area contributed by atoms with Crippen molar-refractivity contribution >= 4 is 0 Å². The van der Waals surface area contributed by atoms with Crippen molar-refractivity contribution in [2.24, 2.45) is 0 Å². The summed E-state index contributed by atoms with van der Waals surface area (Å²) in [6.45, 7) is 0. The van der Waals surface area contributed by atoms with Gasteiger partial charge in [-0.05, 0) is 78.9 Å². The maximum Gasteiger partial charge on any atom is 0.160 e. The van der Waals surface area contributed by atoms with Gasteiger partial charge in [0.15, 0.2) is 5.82 Å². The first-order valence-corrected chi connectivity index (χ1v) is 18.9. The smallest absolute Gasteiger partial charge is 0.160 e. The molecule has 2 aliphatic rings. The minimum Gasteiger partial charge on any atom is -0.228 e. The van der Waals surface area contributed by atoms with E-state index in [1.54, 1.807) is 0 Å². The molecule has 256 valence electrons. The molecule has 0 aliphatic heterocycles. The molecule has 0 saturated carbocycles. The number of benzene rings is 8. The molecule has 55 heavy (non-hydrogen) atoms. The van der Waals surface area contributed by atoms with Crippen LogP contribution in [0.1, 0.15) is 22.3 Å². The van der Waals surface area contributed by atoms with E-state index >= 15 is 0 Å². The van der Waals surface area contributed by atoms with Crippen LogP contribution in [0.25, 0.3) is 78.4 Å². The highest BCUT2D eigenvalue weighted by molar-refractivity contribution is 5.96. The lowest BCUT2D eigenvalue weighted by atomic mass is 9.70. The van der Waals surface area contributed by atoms with E-state index in [1.807, 2.05) is 0 Å². The average molecular weight is 699 g/mol. The Labute approximate surface area is 321 Å². The topological polar surface area (TPSA) is 25.8 Å². The largest absolute Gasteiger partial charge is 0.228 e. The molecule has 0 radical (unpaired) electrons. The molecule has 8 aromatic carbocycles. The third kappa shape index (κ3) is 4.89. The minimum atomic E-state index is -0.382. The van der Waals surface area contributed by atoms with Gasteiger partial charge < -0.3 is 0 Å². The molecule has 2 aliphatic carbocycles. The SMILES string of the molecule is c1ccc(-c2ccc(-c3cc(-c4ccc(-c5ccccc5)cc4)nc(-c4ccc5c(c4)-c4ccccc4C54c5ccccc5-c5ccccc54)n3)cc2)cc1. The van der Waals surface area contributed by atoms with Gasteiger partial charge in [-0.15, -0.1) is 0 Å². The summed E-state index contributed by atoms with van der Waals surface area (Å²) in [6, 6.07) is 74.3. The van der Waals surface area contributed by atoms with Crippen molar-refractivity contribution in [3.8, 4) is 78.4 Å². The van der Waals surface area contributed by atoms with Crippen molar-refractivity contribution < 1.29 is 0 Å². The van der Waals surface area contributed by atoms with Gasteiger partial charge in [-0.2, -0.15) is 0 Å². The van der Waals surface area contributed by atoms with Gasteiger partial charge in [-0.1, -0.05) is 194 Å². The van der Waals surface area contributed by atoms with Crippen LogP contribution in [0.2, 0.25) is 0 Å². The van der Waals surface area contributed by atoms with Gasteiger partial charge >= 0.3 is 0 Å². The summed E-state index contributed by atoms with van der Waals surface area (Å²) < 4.78 is 0. The summed E-state index contributed by atoms with van der Waals surface area (Å²) >= 11 is 0. The summed E-state index contributed by atoms with van der Waals surface area (Å²) in [5, 5.41) is 0. The van der Waals surface area contributed by atoms with E-state index in [0.717, 1.165) is 28.1 Å². The Bertz CT molecular complexity index is 2740. The van der Waals surface area contributed by atoms with E-state index in [0.29, 0.717) is 5.82 Å². The molecule has 1 aromatic heterocycles. The quantitative estimate of drug-likeness (QED) is 0.179. The van der Waals surface area contributed by atoms with Crippen molar-refractivity contribution in [1.29, 1.82) is 0 Å². The van der Waals surface area contributed by atoms with Crippen LogP contribution in [0.15, 0.2) is 206 Å². The van der Waals surface area contributed by atoms with Crippen LogP contribution in [0.3, 0.4) is 0 Å². The van der Waals surface area contributed by atoms with Gasteiger partial charge in [0.2, 0.25) is 0 Å². The lowest BCUT2D eigenvalue weighted by molar-refractivity contribution is 0.794. The number of rotatable bonds is 5. The lowest BCUT2D eigenvalue weighted by Crippen LogP contribution is -2.25. The first kappa shape index (κ1) is 31.4. The summed E-state index contributed by atoms with van der Waals surface area (Å²) in [5.74, 6) is 0.709. The number of nitrogens with zero attached hydrogens (tertiary/aromatic N) is 2. The van der Waals surface area contributed by atoms with Gasteiger partial charge in [0.1, 0.15) is 0 Å². The Morgan fingerprint density at radius 2 is 0.600 bits per heavy atom. The Balaban J connectivity index is 1.08. The van der Waals surface area contributed by atoms with Crippen LogP contribution >= 0.6 is 0 Å². The Morgan fingerprint density at radius 1 is 0.255 bits per heavy atom. The molecule has 2 heteroatoms. The molecule has 0 fully saturated rings. The Morgan fingerprint density at radius 3 is 1.07 bits per heavy atom. The van der Waals surface area contributed by atoms with E-state index in [-0.39, 0.29) is 5.41 Å². The van der Waals surface area contributed by atoms with E-state index in [1.165, 1.54) is 66.8 Å². The van der Waals surface area contributed by atoms with Crippen molar-refractivity contribution in [1.82, 2.24) is 9.97 Å². The maximum absolute atomic E-state index is 5.30. The number of fused-ring (bicyclic) bond motifs is 10. The van der Waals surface area contributed by atoms with E-state index < -0.39 is 0 Å². The molecule has 0 unspecified atom stereocenters. The van der Waals surface area contributed by atoms with Gasteiger partial charge in [0.25, 0.3) is 0 Å². The molecular formula is C53H34N2. The summed E-state index contributed by atoms with van der Waals surface area (Å²) in [6.07, 6.45) is 0. The van der Waals surface area contributed by atoms with Crippen molar-refractivity contribution in [2.45, 2.75) is 5.41 Å². The highest BCUT2D eigenvalue weighted by Gasteiger charge is 2.51. The highest BCUT2D eigenvalue weighted by Crippen LogP contribution is 2.62. The maximum atomic E-state index is 5.30. The highest BCUT2D eigenvalue weighted by atomic mass is 14.9. The molecule has 11 rings (SSSR count). The summed E-state index contributed by atoms with van der Waals surface area (Å²) in [5.41, 5.74) is 19.7. The second-order valence-corrected chi connectivity index (χ2v) is 14.5. The Kier molecular flexibility index (Phi) is 7.11. The van der Waals surface area contributed by atoms with Crippen LogP contribution in [-0.4, -0.2) is 9.97 Å². The van der Waals surface area contributed by atoms with E-state index in [9.17, 15) is 0 Å². The molecule has 1 spiro atoms. The number of hydrogen-bond donors (Lipinski definition) is 0. The van der Waals surface area contributed by atoms with Crippen LogP contribution in [0, 0.1) is 0 Å². The van der Waals surface area contributed by atoms with Gasteiger partial charge in [-0.25, -0.2) is 9.97 Å². The third-order valence-electron chi connectivity index (χ3n) is 11.6. The van der Waals surface area contributed by atoms with Crippen LogP contribution in [0.4, 0.5) is 0 Å². The molecule has 0 saturated heterocycles. The fourth-order valence-electron chi connectivity index (χ4n) is 9.04. The number of aromatic nitrogens is 2. The predicted octanol–water partition coefficient (Wildman–Crippen LogP) is 13.2. The van der Waals surface area contributed by atoms with E-state index in [4.69, 9.17) is 9.97 Å². The monoisotopic (exact) mass is 698 g/mol. The zero-order valence-corrected chi connectivity index (χ0v) is 30.0. The first-order chi connectivity index (χ1) is 27.3. The lowest BCUT2D eigenvalue weighted by Gasteiger charge is -2.30. The molecule has 2 nitrogen and oxygen atoms in total. The summed E-state index contributed by atoms with van der Waals surface area (Å²) in [4.78, 5) is 10.6. The normalized spacial score (nSPS) is 12.9. The van der Waals surface area contributed by atoms with Crippen molar-refractivity contribution in [3.05, 3.63) is 229 Å². The van der Waals surface area contributed by atoms with Gasteiger partial charge in [0, 0.05) is 16.7 Å². The fourth-order valence-corrected chi connectivity index (χ4v) is 9.04. The predicted molar refractivity (Wildman–Crippen MR) is 226 cm³/mol. The summed E-state index contributed by atoms with van der Waals surface area (Å²) in [7, 11) is 0. The van der Waals surface area contributed by atoms with Crippen LogP contribution in [-0.2, 0) is 5.41 Å². The van der Waals surface area contributed by atoms with E-state index in [2.05, 4.69) is 206 Å². The van der Waals surface area contributed by atoms with Crippen LogP contribution in [0.5, 0.6) is 0 Å². The standard InChI is InChI=1S/C53H34N2/c1-3-13-35(14-4-1)37-23-27-39(28-24-37)50-34-51(40-29-25-38(26-30-40)36-15-5-2-6-16-36)55-52(54-50)41-31-32-49-45(33-41)44-19-9-12-22-48(44)53(49)46-20-10-7-17-42(46)43-18-8-11-21-47(43)53/h1-34H. The molecular weight excluding hydrogens is 665 g/mol. The van der Waals surface area contributed by atoms with Gasteiger partial charge in [0.05, 0.1) is 16.8 Å². The van der Waals surface area contributed by atoms with Crippen molar-refractivity contribution in [2.75, 3.05) is 0 Å².